The smallest absolute Gasteiger partial charge is 0.251 e. The molecule has 4 rings (SSSR count). The summed E-state index contributed by atoms with van der Waals surface area (Å²) < 4.78 is 0. The number of benzene rings is 3. The van der Waals surface area contributed by atoms with Crippen LogP contribution in [0, 0.1) is 5.92 Å². The molecule has 0 radical (unpaired) electrons. The Morgan fingerprint density at radius 2 is 1.82 bits per heavy atom. The van der Waals surface area contributed by atoms with Crippen molar-refractivity contribution in [1.29, 1.82) is 0 Å². The number of hydrogen-bond donors (Lipinski definition) is 1. The summed E-state index contributed by atoms with van der Waals surface area (Å²) in [5.74, 6) is 1.18. The molecule has 0 saturated heterocycles. The van der Waals surface area contributed by atoms with E-state index in [4.69, 9.17) is 23.2 Å². The number of carbonyl (C=O) groups excluding carboxylic acids is 1. The van der Waals surface area contributed by atoms with E-state index < -0.39 is 0 Å². The summed E-state index contributed by atoms with van der Waals surface area (Å²) in [5.41, 5.74) is 1.92. The highest BCUT2D eigenvalue weighted by Crippen LogP contribution is 2.50. The van der Waals surface area contributed by atoms with Crippen LogP contribution in [0.1, 0.15) is 54.4 Å². The summed E-state index contributed by atoms with van der Waals surface area (Å²) in [6.07, 6.45) is 4.39. The molecule has 33 heavy (non-hydrogen) atoms. The van der Waals surface area contributed by atoms with Crippen LogP contribution in [0.3, 0.4) is 0 Å². The van der Waals surface area contributed by atoms with E-state index in [2.05, 4.69) is 29.3 Å². The Hall–Kier alpha value is -2.07. The van der Waals surface area contributed by atoms with E-state index in [-0.39, 0.29) is 5.91 Å². The first-order valence-corrected chi connectivity index (χ1v) is 12.8. The Morgan fingerprint density at radius 1 is 1.00 bits per heavy atom. The third kappa shape index (κ3) is 6.29. The molecule has 1 aliphatic carbocycles. The van der Waals surface area contributed by atoms with Crippen LogP contribution in [0.4, 0.5) is 0 Å². The third-order valence-electron chi connectivity index (χ3n) is 6.53. The Labute approximate surface area is 207 Å². The molecule has 0 aromatic heterocycles. The van der Waals surface area contributed by atoms with Crippen molar-refractivity contribution in [2.24, 2.45) is 5.92 Å². The number of rotatable bonds is 11. The molecule has 1 aliphatic rings. The number of amides is 1. The van der Waals surface area contributed by atoms with Gasteiger partial charge in [-0.1, -0.05) is 72.6 Å². The number of nitrogens with one attached hydrogen (secondary N) is 1. The maximum absolute atomic E-state index is 12.5. The molecule has 3 aromatic rings. The second-order valence-corrected chi connectivity index (χ2v) is 9.86. The van der Waals surface area contributed by atoms with Gasteiger partial charge in [-0.2, -0.15) is 0 Å². The molecule has 5 heteroatoms. The second-order valence-electron chi connectivity index (χ2n) is 9.07. The monoisotopic (exact) mass is 482 g/mol. The molecule has 3 aromatic carbocycles. The highest BCUT2D eigenvalue weighted by atomic mass is 35.5. The summed E-state index contributed by atoms with van der Waals surface area (Å²) in [7, 11) is 0. The predicted molar refractivity (Wildman–Crippen MR) is 140 cm³/mol. The highest BCUT2D eigenvalue weighted by Gasteiger charge is 2.40. The van der Waals surface area contributed by atoms with Gasteiger partial charge in [-0.15, -0.1) is 0 Å². The average Bonchev–Trinajstić information content (AvgIpc) is 3.59. The van der Waals surface area contributed by atoms with Crippen molar-refractivity contribution in [2.75, 3.05) is 26.2 Å². The maximum atomic E-state index is 12.5. The van der Waals surface area contributed by atoms with Crippen molar-refractivity contribution in [2.45, 2.75) is 38.5 Å². The maximum Gasteiger partial charge on any atom is 0.251 e. The predicted octanol–water partition coefficient (Wildman–Crippen LogP) is 7.17. The topological polar surface area (TPSA) is 32.3 Å². The molecule has 1 amide bonds. The Balaban J connectivity index is 1.20. The van der Waals surface area contributed by atoms with Gasteiger partial charge in [0.25, 0.3) is 5.91 Å². The average molecular weight is 483 g/mol. The first-order valence-electron chi connectivity index (χ1n) is 12.0. The zero-order chi connectivity index (χ0) is 23.2. The lowest BCUT2D eigenvalue weighted by Crippen LogP contribution is -2.29. The van der Waals surface area contributed by atoms with Gasteiger partial charge in [0.2, 0.25) is 0 Å². The number of unbranched alkanes of at least 4 members (excludes halogenated alkanes) is 1. The molecule has 2 atom stereocenters. The molecule has 174 valence electrons. The molecule has 1 saturated carbocycles. The van der Waals surface area contributed by atoms with Crippen LogP contribution in [0.15, 0.2) is 60.7 Å². The van der Waals surface area contributed by atoms with Gasteiger partial charge >= 0.3 is 0 Å². The highest BCUT2D eigenvalue weighted by molar-refractivity contribution is 6.42. The fraction of sp³-hybridized carbons (Fsp3) is 0.393. The quantitative estimate of drug-likeness (QED) is 0.293. The van der Waals surface area contributed by atoms with E-state index in [0.29, 0.717) is 23.4 Å². The molecule has 0 heterocycles. The molecule has 2 unspecified atom stereocenters. The minimum atomic E-state index is 0.00499. The van der Waals surface area contributed by atoms with Crippen molar-refractivity contribution in [1.82, 2.24) is 10.2 Å². The number of fused-ring (bicyclic) bond motifs is 1. The normalized spacial score (nSPS) is 17.5. The fourth-order valence-corrected chi connectivity index (χ4v) is 5.12. The van der Waals surface area contributed by atoms with Crippen molar-refractivity contribution in [3.05, 3.63) is 81.8 Å². The van der Waals surface area contributed by atoms with Crippen LogP contribution < -0.4 is 5.32 Å². The van der Waals surface area contributed by atoms with Crippen molar-refractivity contribution >= 4 is 39.9 Å². The van der Waals surface area contributed by atoms with Crippen LogP contribution in [0.5, 0.6) is 0 Å². The minimum absolute atomic E-state index is 0.00499. The lowest BCUT2D eigenvalue weighted by molar-refractivity contribution is 0.0952. The van der Waals surface area contributed by atoms with E-state index in [1.807, 2.05) is 48.5 Å². The van der Waals surface area contributed by atoms with E-state index in [1.54, 1.807) is 0 Å². The van der Waals surface area contributed by atoms with Gasteiger partial charge in [0.15, 0.2) is 0 Å². The van der Waals surface area contributed by atoms with Crippen molar-refractivity contribution in [3.8, 4) is 0 Å². The van der Waals surface area contributed by atoms with Crippen LogP contribution in [-0.2, 0) is 0 Å². The van der Waals surface area contributed by atoms with Crippen LogP contribution in [0.2, 0.25) is 10.0 Å². The fourth-order valence-electron chi connectivity index (χ4n) is 4.67. The summed E-state index contributed by atoms with van der Waals surface area (Å²) >= 11 is 12.6. The van der Waals surface area contributed by atoms with E-state index >= 15 is 0 Å². The van der Waals surface area contributed by atoms with Gasteiger partial charge < -0.3 is 10.2 Å². The summed E-state index contributed by atoms with van der Waals surface area (Å²) in [6, 6.07) is 20.0. The Bertz CT molecular complexity index is 1100. The summed E-state index contributed by atoms with van der Waals surface area (Å²) in [6.45, 7) is 6.21. The molecular weight excluding hydrogens is 451 g/mol. The van der Waals surface area contributed by atoms with Gasteiger partial charge in [-0.25, -0.2) is 0 Å². The lowest BCUT2D eigenvalue weighted by Gasteiger charge is -2.22. The van der Waals surface area contributed by atoms with E-state index in [9.17, 15) is 4.79 Å². The van der Waals surface area contributed by atoms with Crippen LogP contribution in [0.25, 0.3) is 10.8 Å². The van der Waals surface area contributed by atoms with Gasteiger partial charge in [0.05, 0.1) is 10.0 Å². The molecule has 0 bridgehead atoms. The van der Waals surface area contributed by atoms with Gasteiger partial charge in [-0.05, 0) is 85.1 Å². The second kappa shape index (κ2) is 11.4. The zero-order valence-electron chi connectivity index (χ0n) is 19.2. The Kier molecular flexibility index (Phi) is 8.29. The Morgan fingerprint density at radius 3 is 2.64 bits per heavy atom. The molecular formula is C28H32Cl2N2O. The zero-order valence-corrected chi connectivity index (χ0v) is 20.7. The first kappa shape index (κ1) is 24.1. The lowest BCUT2D eigenvalue weighted by atomic mass is 10.1. The third-order valence-corrected chi connectivity index (χ3v) is 7.37. The van der Waals surface area contributed by atoms with E-state index in [1.165, 1.54) is 12.0 Å². The largest absolute Gasteiger partial charge is 0.352 e. The first-order chi connectivity index (χ1) is 16.1. The number of halogens is 2. The van der Waals surface area contributed by atoms with Crippen LogP contribution in [-0.4, -0.2) is 37.0 Å². The number of carbonyl (C=O) groups is 1. The molecule has 1 N–H and O–H groups in total. The standard InChI is InChI=1S/C28H32Cl2N2O/c1-2-15-32(19-23-18-25(23)24-10-7-11-26(29)27(24)30)16-6-5-14-31-28(33)22-13-12-20-8-3-4-9-21(20)17-22/h3-4,7-13,17,23,25H,2,5-6,14-16,18-19H2,1H3,(H,31,33). The minimum Gasteiger partial charge on any atom is -0.352 e. The number of nitrogens with zero attached hydrogens (tertiary/aromatic N) is 1. The van der Waals surface area contributed by atoms with Gasteiger partial charge in [-0.3, -0.25) is 4.79 Å². The van der Waals surface area contributed by atoms with Crippen molar-refractivity contribution < 1.29 is 4.79 Å². The van der Waals surface area contributed by atoms with Crippen molar-refractivity contribution in [3.63, 3.8) is 0 Å². The van der Waals surface area contributed by atoms with Gasteiger partial charge in [0.1, 0.15) is 0 Å². The molecule has 0 aliphatic heterocycles. The molecule has 0 spiro atoms. The van der Waals surface area contributed by atoms with Gasteiger partial charge in [0, 0.05) is 18.7 Å². The summed E-state index contributed by atoms with van der Waals surface area (Å²) in [5, 5.41) is 6.69. The SMILES string of the molecule is CCCN(CCCCNC(=O)c1ccc2ccccc2c1)CC1CC1c1cccc(Cl)c1Cl. The van der Waals surface area contributed by atoms with E-state index in [0.717, 1.165) is 60.3 Å². The van der Waals surface area contributed by atoms with Crippen LogP contribution >= 0.6 is 23.2 Å². The number of hydrogen-bond acceptors (Lipinski definition) is 2. The molecule has 1 fully saturated rings. The molecule has 3 nitrogen and oxygen atoms in total. The summed E-state index contributed by atoms with van der Waals surface area (Å²) in [4.78, 5) is 15.1.